The largest absolute Gasteiger partial charge is 0.327 e. The minimum atomic E-state index is 0.414. The van der Waals surface area contributed by atoms with Gasteiger partial charge in [-0.15, -0.1) is 11.3 Å². The van der Waals surface area contributed by atoms with Crippen molar-refractivity contribution >= 4 is 27.3 Å². The Balaban J connectivity index is 1.99. The van der Waals surface area contributed by atoms with E-state index in [4.69, 9.17) is 5.73 Å². The van der Waals surface area contributed by atoms with Crippen molar-refractivity contribution in [3.63, 3.8) is 0 Å². The highest BCUT2D eigenvalue weighted by Gasteiger charge is 2.27. The lowest BCUT2D eigenvalue weighted by atomic mass is 9.76. The van der Waals surface area contributed by atoms with Crippen LogP contribution in [0.1, 0.15) is 37.5 Å². The molecule has 3 atom stereocenters. The topological polar surface area (TPSA) is 26.0 Å². The Kier molecular flexibility index (Phi) is 4.45. The molecule has 0 bridgehead atoms. The quantitative estimate of drug-likeness (QED) is 0.889. The van der Waals surface area contributed by atoms with Gasteiger partial charge in [0.15, 0.2) is 0 Å². The molecule has 1 fully saturated rings. The van der Waals surface area contributed by atoms with Gasteiger partial charge in [-0.1, -0.05) is 13.3 Å². The number of hydrogen-bond donors (Lipinski definition) is 1. The molecule has 1 aromatic rings. The molecule has 3 heteroatoms. The monoisotopic (exact) mass is 301 g/mol. The SMILES string of the molecule is CCC1CCC(N)C(Cc2sccc2Br)C1. The predicted molar refractivity (Wildman–Crippen MR) is 74.8 cm³/mol. The number of hydrogen-bond acceptors (Lipinski definition) is 2. The highest BCUT2D eigenvalue weighted by molar-refractivity contribution is 9.10. The molecule has 0 spiro atoms. The standard InChI is InChI=1S/C13H20BrNS/c1-2-9-3-4-12(15)10(7-9)8-13-11(14)5-6-16-13/h5-6,9-10,12H,2-4,7-8,15H2,1H3. The smallest absolute Gasteiger partial charge is 0.0314 e. The maximum absolute atomic E-state index is 6.25. The van der Waals surface area contributed by atoms with Crippen LogP contribution < -0.4 is 5.73 Å². The Morgan fingerprint density at radius 1 is 1.50 bits per heavy atom. The molecule has 2 N–H and O–H groups in total. The first-order chi connectivity index (χ1) is 7.70. The van der Waals surface area contributed by atoms with Gasteiger partial charge < -0.3 is 5.73 Å². The summed E-state index contributed by atoms with van der Waals surface area (Å²) in [6.07, 6.45) is 6.35. The van der Waals surface area contributed by atoms with Crippen molar-refractivity contribution in [2.45, 2.75) is 45.1 Å². The first kappa shape index (κ1) is 12.6. The van der Waals surface area contributed by atoms with E-state index in [1.807, 2.05) is 11.3 Å². The van der Waals surface area contributed by atoms with Crippen LogP contribution in [-0.2, 0) is 6.42 Å². The van der Waals surface area contributed by atoms with Gasteiger partial charge in [0.1, 0.15) is 0 Å². The van der Waals surface area contributed by atoms with E-state index in [-0.39, 0.29) is 0 Å². The third-order valence-corrected chi connectivity index (χ3v) is 5.81. The zero-order chi connectivity index (χ0) is 11.5. The molecule has 1 aliphatic rings. The summed E-state index contributed by atoms with van der Waals surface area (Å²) in [6, 6.07) is 2.56. The molecule has 1 nitrogen and oxygen atoms in total. The zero-order valence-electron chi connectivity index (χ0n) is 9.79. The molecule has 1 aromatic heterocycles. The van der Waals surface area contributed by atoms with Crippen LogP contribution in [0.25, 0.3) is 0 Å². The van der Waals surface area contributed by atoms with Crippen molar-refractivity contribution in [2.24, 2.45) is 17.6 Å². The molecule has 0 saturated heterocycles. The van der Waals surface area contributed by atoms with Crippen LogP contribution in [-0.4, -0.2) is 6.04 Å². The van der Waals surface area contributed by atoms with Crippen LogP contribution in [0.15, 0.2) is 15.9 Å². The molecule has 3 unspecified atom stereocenters. The Morgan fingerprint density at radius 2 is 2.31 bits per heavy atom. The van der Waals surface area contributed by atoms with E-state index in [2.05, 4.69) is 34.3 Å². The molecule has 1 heterocycles. The van der Waals surface area contributed by atoms with Gasteiger partial charge in [0.05, 0.1) is 0 Å². The Labute approximate surface area is 111 Å². The number of halogens is 1. The molecule has 1 aliphatic carbocycles. The second-order valence-electron chi connectivity index (χ2n) is 4.91. The summed E-state index contributed by atoms with van der Waals surface area (Å²) in [5.74, 6) is 1.59. The lowest BCUT2D eigenvalue weighted by Gasteiger charge is -2.33. The van der Waals surface area contributed by atoms with Crippen LogP contribution in [0, 0.1) is 11.8 Å². The summed E-state index contributed by atoms with van der Waals surface area (Å²) >= 11 is 5.47. The lowest BCUT2D eigenvalue weighted by Crippen LogP contribution is -2.37. The van der Waals surface area contributed by atoms with Crippen LogP contribution in [0.2, 0.25) is 0 Å². The van der Waals surface area contributed by atoms with E-state index < -0.39 is 0 Å². The first-order valence-electron chi connectivity index (χ1n) is 6.18. The number of nitrogens with two attached hydrogens (primary N) is 1. The summed E-state index contributed by atoms with van der Waals surface area (Å²) in [7, 11) is 0. The summed E-state index contributed by atoms with van der Waals surface area (Å²) < 4.78 is 1.27. The molecule has 1 saturated carbocycles. The maximum Gasteiger partial charge on any atom is 0.0314 e. The van der Waals surface area contributed by atoms with Gasteiger partial charge in [-0.2, -0.15) is 0 Å². The van der Waals surface area contributed by atoms with Gasteiger partial charge in [-0.25, -0.2) is 0 Å². The van der Waals surface area contributed by atoms with Crippen molar-refractivity contribution < 1.29 is 0 Å². The average Bonchev–Trinajstić information content (AvgIpc) is 2.68. The molecule has 0 aromatic carbocycles. The lowest BCUT2D eigenvalue weighted by molar-refractivity contribution is 0.228. The van der Waals surface area contributed by atoms with Crippen LogP contribution in [0.4, 0.5) is 0 Å². The zero-order valence-corrected chi connectivity index (χ0v) is 12.2. The summed E-state index contributed by atoms with van der Waals surface area (Å²) in [4.78, 5) is 1.47. The van der Waals surface area contributed by atoms with E-state index in [1.165, 1.54) is 35.0 Å². The average molecular weight is 302 g/mol. The van der Waals surface area contributed by atoms with Gasteiger partial charge in [0.25, 0.3) is 0 Å². The normalized spacial score (nSPS) is 30.6. The van der Waals surface area contributed by atoms with E-state index in [9.17, 15) is 0 Å². The van der Waals surface area contributed by atoms with E-state index in [1.54, 1.807) is 0 Å². The minimum Gasteiger partial charge on any atom is -0.327 e. The summed E-state index contributed by atoms with van der Waals surface area (Å²) in [5.41, 5.74) is 6.25. The van der Waals surface area contributed by atoms with Gasteiger partial charge in [-0.3, -0.25) is 0 Å². The molecular weight excluding hydrogens is 282 g/mol. The van der Waals surface area contributed by atoms with Crippen molar-refractivity contribution in [3.05, 3.63) is 20.8 Å². The second kappa shape index (κ2) is 5.65. The maximum atomic E-state index is 6.25. The van der Waals surface area contributed by atoms with E-state index >= 15 is 0 Å². The van der Waals surface area contributed by atoms with Crippen LogP contribution in [0.3, 0.4) is 0 Å². The van der Waals surface area contributed by atoms with Crippen molar-refractivity contribution in [1.82, 2.24) is 0 Å². The van der Waals surface area contributed by atoms with Gasteiger partial charge in [0.2, 0.25) is 0 Å². The highest BCUT2D eigenvalue weighted by atomic mass is 79.9. The third-order valence-electron chi connectivity index (χ3n) is 3.87. The van der Waals surface area contributed by atoms with Gasteiger partial charge in [-0.05, 0) is 64.9 Å². The summed E-state index contributed by atoms with van der Waals surface area (Å²) in [6.45, 7) is 2.31. The minimum absolute atomic E-state index is 0.414. The number of rotatable bonds is 3. The van der Waals surface area contributed by atoms with E-state index in [0.29, 0.717) is 12.0 Å². The first-order valence-corrected chi connectivity index (χ1v) is 7.85. The Hall–Kier alpha value is 0.140. The second-order valence-corrected chi connectivity index (χ2v) is 6.76. The van der Waals surface area contributed by atoms with Crippen molar-refractivity contribution in [2.75, 3.05) is 0 Å². The Bertz CT molecular complexity index is 336. The van der Waals surface area contributed by atoms with E-state index in [0.717, 1.165) is 12.3 Å². The Morgan fingerprint density at radius 3 is 2.94 bits per heavy atom. The fourth-order valence-electron chi connectivity index (χ4n) is 2.70. The predicted octanol–water partition coefficient (Wildman–Crippen LogP) is 4.21. The van der Waals surface area contributed by atoms with Crippen molar-refractivity contribution in [1.29, 1.82) is 0 Å². The van der Waals surface area contributed by atoms with Crippen LogP contribution >= 0.6 is 27.3 Å². The molecule has 0 aliphatic heterocycles. The molecular formula is C13H20BrNS. The molecule has 2 rings (SSSR count). The van der Waals surface area contributed by atoms with Gasteiger partial charge >= 0.3 is 0 Å². The highest BCUT2D eigenvalue weighted by Crippen LogP contribution is 2.35. The summed E-state index contributed by atoms with van der Waals surface area (Å²) in [5, 5.41) is 2.16. The third kappa shape index (κ3) is 2.88. The molecule has 16 heavy (non-hydrogen) atoms. The molecule has 90 valence electrons. The van der Waals surface area contributed by atoms with Crippen molar-refractivity contribution in [3.8, 4) is 0 Å². The molecule has 0 radical (unpaired) electrons. The fourth-order valence-corrected chi connectivity index (χ4v) is 4.31. The van der Waals surface area contributed by atoms with Crippen LogP contribution in [0.5, 0.6) is 0 Å². The fraction of sp³-hybridized carbons (Fsp3) is 0.692. The van der Waals surface area contributed by atoms with Gasteiger partial charge in [0, 0.05) is 15.4 Å². The molecule has 0 amide bonds. The number of thiophene rings is 1.